The average molecular weight is 292 g/mol. The molecule has 90 valence electrons. The van der Waals surface area contributed by atoms with Crippen LogP contribution < -0.4 is 5.32 Å². The summed E-state index contributed by atoms with van der Waals surface area (Å²) in [5, 5.41) is 8.13. The van der Waals surface area contributed by atoms with Crippen molar-refractivity contribution in [3.63, 3.8) is 0 Å². The summed E-state index contributed by atoms with van der Waals surface area (Å²) in [5.74, 6) is 0.502. The van der Waals surface area contributed by atoms with Crippen LogP contribution in [0.3, 0.4) is 0 Å². The van der Waals surface area contributed by atoms with Gasteiger partial charge in [0, 0.05) is 13.2 Å². The quantitative estimate of drug-likeness (QED) is 0.882. The first-order valence-corrected chi connectivity index (χ1v) is 5.93. The van der Waals surface area contributed by atoms with Gasteiger partial charge < -0.3 is 5.32 Å². The molecule has 0 bridgehead atoms. The van der Waals surface area contributed by atoms with E-state index >= 15 is 0 Å². The van der Waals surface area contributed by atoms with E-state index in [0.717, 1.165) is 5.69 Å². The third-order valence-electron chi connectivity index (χ3n) is 2.25. The Morgan fingerprint density at radius 3 is 2.71 bits per heavy atom. The summed E-state index contributed by atoms with van der Waals surface area (Å²) < 4.78 is 1.76. The third kappa shape index (κ3) is 2.83. The van der Waals surface area contributed by atoms with Gasteiger partial charge in [0.05, 0.1) is 22.3 Å². The largest absolute Gasteiger partial charge is 0.363 e. The number of hydrogen-bond donors (Lipinski definition) is 1. The van der Waals surface area contributed by atoms with Crippen LogP contribution in [0.5, 0.6) is 0 Å². The van der Waals surface area contributed by atoms with Crippen molar-refractivity contribution in [2.45, 2.75) is 6.54 Å². The lowest BCUT2D eigenvalue weighted by Crippen LogP contribution is -2.07. The number of nitrogens with one attached hydrogen (secondary N) is 1. The fourth-order valence-corrected chi connectivity index (χ4v) is 1.88. The zero-order chi connectivity index (χ0) is 12.4. The van der Waals surface area contributed by atoms with Gasteiger partial charge in [0.15, 0.2) is 0 Å². The Kier molecular flexibility index (Phi) is 3.76. The zero-order valence-corrected chi connectivity index (χ0v) is 11.2. The van der Waals surface area contributed by atoms with Gasteiger partial charge in [0.1, 0.15) is 11.0 Å². The van der Waals surface area contributed by atoms with E-state index in [-0.39, 0.29) is 5.15 Å². The van der Waals surface area contributed by atoms with Crippen molar-refractivity contribution in [2.24, 2.45) is 7.05 Å². The molecule has 0 unspecified atom stereocenters. The summed E-state index contributed by atoms with van der Waals surface area (Å²) in [6, 6.07) is 3.46. The average Bonchev–Trinajstić information content (AvgIpc) is 2.68. The first-order chi connectivity index (χ1) is 8.08. The first-order valence-electron chi connectivity index (χ1n) is 4.80. The molecule has 2 heterocycles. The molecular formula is C10H9Cl3N4. The molecule has 0 saturated carbocycles. The van der Waals surface area contributed by atoms with Crippen LogP contribution in [0.1, 0.15) is 5.69 Å². The predicted molar refractivity (Wildman–Crippen MR) is 69.8 cm³/mol. The standard InChI is InChI=1S/C10H9Cl3N4/c1-17-6(2-3-15-17)5-14-10-8(12)4-7(11)9(13)16-10/h2-4H,5H2,1H3,(H,14,16). The van der Waals surface area contributed by atoms with Crippen molar-refractivity contribution in [3.05, 3.63) is 39.2 Å². The first kappa shape index (κ1) is 12.5. The summed E-state index contributed by atoms with van der Waals surface area (Å²) in [6.45, 7) is 0.557. The molecule has 0 spiro atoms. The summed E-state index contributed by atoms with van der Waals surface area (Å²) >= 11 is 17.6. The Bertz CT molecular complexity index is 538. The minimum Gasteiger partial charge on any atom is -0.363 e. The second-order valence-electron chi connectivity index (χ2n) is 3.39. The van der Waals surface area contributed by atoms with E-state index in [2.05, 4.69) is 15.4 Å². The molecule has 4 nitrogen and oxygen atoms in total. The molecule has 0 amide bonds. The van der Waals surface area contributed by atoms with Crippen molar-refractivity contribution in [3.8, 4) is 0 Å². The van der Waals surface area contributed by atoms with Crippen LogP contribution >= 0.6 is 34.8 Å². The Labute approximate surface area is 114 Å². The van der Waals surface area contributed by atoms with Crippen molar-refractivity contribution < 1.29 is 0 Å². The molecule has 0 atom stereocenters. The summed E-state index contributed by atoms with van der Waals surface area (Å²) in [7, 11) is 1.86. The Morgan fingerprint density at radius 1 is 1.29 bits per heavy atom. The van der Waals surface area contributed by atoms with Crippen molar-refractivity contribution >= 4 is 40.6 Å². The van der Waals surface area contributed by atoms with Crippen LogP contribution in [0, 0.1) is 0 Å². The Balaban J connectivity index is 2.14. The zero-order valence-electron chi connectivity index (χ0n) is 8.91. The van der Waals surface area contributed by atoms with Gasteiger partial charge in [0.2, 0.25) is 0 Å². The SMILES string of the molecule is Cn1nccc1CNc1nc(Cl)c(Cl)cc1Cl. The molecule has 0 fully saturated rings. The highest BCUT2D eigenvalue weighted by Crippen LogP contribution is 2.28. The molecule has 0 aromatic carbocycles. The molecule has 0 radical (unpaired) electrons. The topological polar surface area (TPSA) is 42.7 Å². The lowest BCUT2D eigenvalue weighted by molar-refractivity contribution is 0.720. The maximum Gasteiger partial charge on any atom is 0.150 e. The molecule has 7 heteroatoms. The van der Waals surface area contributed by atoms with Crippen molar-refractivity contribution in [2.75, 3.05) is 5.32 Å². The molecule has 2 rings (SSSR count). The Hall–Kier alpha value is -0.970. The molecular weight excluding hydrogens is 282 g/mol. The molecule has 0 aliphatic heterocycles. The molecule has 2 aromatic heterocycles. The van der Waals surface area contributed by atoms with Crippen LogP contribution in [0.15, 0.2) is 18.3 Å². The second-order valence-corrected chi connectivity index (χ2v) is 4.56. The van der Waals surface area contributed by atoms with Gasteiger partial charge in [-0.15, -0.1) is 0 Å². The van der Waals surface area contributed by atoms with Crippen molar-refractivity contribution in [1.29, 1.82) is 0 Å². The van der Waals surface area contributed by atoms with E-state index in [1.54, 1.807) is 16.9 Å². The number of nitrogens with zero attached hydrogens (tertiary/aromatic N) is 3. The number of anilines is 1. The number of hydrogen-bond acceptors (Lipinski definition) is 3. The molecule has 1 N–H and O–H groups in total. The smallest absolute Gasteiger partial charge is 0.150 e. The summed E-state index contributed by atoms with van der Waals surface area (Å²) in [4.78, 5) is 4.06. The molecule has 0 saturated heterocycles. The lowest BCUT2D eigenvalue weighted by atomic mass is 10.4. The highest BCUT2D eigenvalue weighted by molar-refractivity contribution is 6.42. The minimum absolute atomic E-state index is 0.226. The van der Waals surface area contributed by atoms with Gasteiger partial charge in [-0.05, 0) is 12.1 Å². The number of pyridine rings is 1. The highest BCUT2D eigenvalue weighted by Gasteiger charge is 2.08. The maximum absolute atomic E-state index is 5.99. The van der Waals surface area contributed by atoms with Gasteiger partial charge in [-0.25, -0.2) is 4.98 Å². The minimum atomic E-state index is 0.226. The molecule has 0 aliphatic rings. The normalized spacial score (nSPS) is 10.6. The number of aromatic nitrogens is 3. The fraction of sp³-hybridized carbons (Fsp3) is 0.200. The van der Waals surface area contributed by atoms with Gasteiger partial charge >= 0.3 is 0 Å². The lowest BCUT2D eigenvalue weighted by Gasteiger charge is -2.08. The third-order valence-corrected chi connectivity index (χ3v) is 3.21. The van der Waals surface area contributed by atoms with Crippen LogP contribution in [-0.4, -0.2) is 14.8 Å². The van der Waals surface area contributed by atoms with E-state index in [4.69, 9.17) is 34.8 Å². The van der Waals surface area contributed by atoms with Crippen LogP contribution in [-0.2, 0) is 13.6 Å². The fourth-order valence-electron chi connectivity index (χ4n) is 1.32. The van der Waals surface area contributed by atoms with E-state index in [1.165, 1.54) is 0 Å². The van der Waals surface area contributed by atoms with E-state index < -0.39 is 0 Å². The van der Waals surface area contributed by atoms with E-state index in [9.17, 15) is 0 Å². The van der Waals surface area contributed by atoms with E-state index in [0.29, 0.717) is 22.4 Å². The second kappa shape index (κ2) is 5.12. The molecule has 17 heavy (non-hydrogen) atoms. The summed E-state index contributed by atoms with van der Waals surface area (Å²) in [5.41, 5.74) is 1.01. The predicted octanol–water partition coefficient (Wildman–Crippen LogP) is 3.39. The maximum atomic E-state index is 5.99. The van der Waals surface area contributed by atoms with Crippen molar-refractivity contribution in [1.82, 2.24) is 14.8 Å². The molecule has 0 aliphatic carbocycles. The van der Waals surface area contributed by atoms with Gasteiger partial charge in [-0.2, -0.15) is 5.10 Å². The summed E-state index contributed by atoms with van der Waals surface area (Å²) in [6.07, 6.45) is 1.72. The van der Waals surface area contributed by atoms with Gasteiger partial charge in [0.25, 0.3) is 0 Å². The number of rotatable bonds is 3. The monoisotopic (exact) mass is 290 g/mol. The van der Waals surface area contributed by atoms with Crippen LogP contribution in [0.4, 0.5) is 5.82 Å². The van der Waals surface area contributed by atoms with Gasteiger partial charge in [-0.3, -0.25) is 4.68 Å². The van der Waals surface area contributed by atoms with Gasteiger partial charge in [-0.1, -0.05) is 34.8 Å². The van der Waals surface area contributed by atoms with Crippen LogP contribution in [0.25, 0.3) is 0 Å². The number of aryl methyl sites for hydroxylation is 1. The highest BCUT2D eigenvalue weighted by atomic mass is 35.5. The Morgan fingerprint density at radius 2 is 2.06 bits per heavy atom. The number of halogens is 3. The molecule has 2 aromatic rings. The van der Waals surface area contributed by atoms with E-state index in [1.807, 2.05) is 13.1 Å². The van der Waals surface area contributed by atoms with Crippen LogP contribution in [0.2, 0.25) is 15.2 Å².